The van der Waals surface area contributed by atoms with E-state index in [0.717, 1.165) is 0 Å². The quantitative estimate of drug-likeness (QED) is 0.865. The highest BCUT2D eigenvalue weighted by molar-refractivity contribution is 7.89. The normalized spacial score (nSPS) is 11.4. The summed E-state index contributed by atoms with van der Waals surface area (Å²) in [6.07, 6.45) is 0. The lowest BCUT2D eigenvalue weighted by Crippen LogP contribution is -2.30. The number of methoxy groups -OCH3 is 1. The van der Waals surface area contributed by atoms with E-state index in [0.29, 0.717) is 29.8 Å². The molecule has 6 nitrogen and oxygen atoms in total. The minimum Gasteiger partial charge on any atom is -0.383 e. The number of benzene rings is 1. The lowest BCUT2D eigenvalue weighted by atomic mass is 10.0. The molecule has 1 aromatic rings. The molecule has 1 rings (SSSR count). The summed E-state index contributed by atoms with van der Waals surface area (Å²) in [6, 6.07) is 2.99. The molecule has 1 amide bonds. The van der Waals surface area contributed by atoms with Gasteiger partial charge in [0.1, 0.15) is 0 Å². The van der Waals surface area contributed by atoms with Crippen LogP contribution in [0.3, 0.4) is 0 Å². The number of nitrogens with zero attached hydrogens (tertiary/aromatic N) is 1. The van der Waals surface area contributed by atoms with Crippen LogP contribution in [0.4, 0.5) is 0 Å². The molecular formula is C13H20N2O4S. The highest BCUT2D eigenvalue weighted by Crippen LogP contribution is 2.20. The second kappa shape index (κ2) is 6.34. The van der Waals surface area contributed by atoms with Crippen LogP contribution in [-0.2, 0) is 14.8 Å². The molecule has 1 aromatic carbocycles. The number of ether oxygens (including phenoxy) is 1. The Hall–Kier alpha value is -1.44. The summed E-state index contributed by atoms with van der Waals surface area (Å²) in [6.45, 7) is 4.25. The van der Waals surface area contributed by atoms with Gasteiger partial charge < -0.3 is 9.64 Å². The predicted octanol–water partition coefficient (Wildman–Crippen LogP) is 0.669. The SMILES string of the molecule is COCCN(C)C(=O)c1cc(S(N)(=O)=O)c(C)cc1C. The number of nitrogens with two attached hydrogens (primary N) is 1. The molecule has 0 unspecified atom stereocenters. The molecule has 0 aliphatic carbocycles. The van der Waals surface area contributed by atoms with Crippen LogP contribution in [0, 0.1) is 13.8 Å². The van der Waals surface area contributed by atoms with E-state index in [-0.39, 0.29) is 10.8 Å². The standard InChI is InChI=1S/C13H20N2O4S/c1-9-7-10(2)12(20(14,17)18)8-11(9)13(16)15(3)5-6-19-4/h7-8H,5-6H2,1-4H3,(H2,14,17,18). The molecule has 0 atom stereocenters. The average molecular weight is 300 g/mol. The predicted molar refractivity (Wildman–Crippen MR) is 76.1 cm³/mol. The van der Waals surface area contributed by atoms with Gasteiger partial charge in [-0.1, -0.05) is 6.07 Å². The fourth-order valence-corrected chi connectivity index (χ4v) is 2.69. The van der Waals surface area contributed by atoms with Crippen molar-refractivity contribution in [1.82, 2.24) is 4.90 Å². The third kappa shape index (κ3) is 3.78. The van der Waals surface area contributed by atoms with E-state index in [2.05, 4.69) is 0 Å². The van der Waals surface area contributed by atoms with Crippen LogP contribution < -0.4 is 5.14 Å². The summed E-state index contributed by atoms with van der Waals surface area (Å²) in [7, 11) is -0.658. The lowest BCUT2D eigenvalue weighted by molar-refractivity contribution is 0.0743. The minimum atomic E-state index is -3.84. The molecule has 20 heavy (non-hydrogen) atoms. The first-order valence-corrected chi connectivity index (χ1v) is 7.61. The lowest BCUT2D eigenvalue weighted by Gasteiger charge is -2.19. The van der Waals surface area contributed by atoms with Gasteiger partial charge in [0.25, 0.3) is 5.91 Å². The summed E-state index contributed by atoms with van der Waals surface area (Å²) in [5, 5.41) is 5.16. The van der Waals surface area contributed by atoms with Gasteiger partial charge in [0.2, 0.25) is 10.0 Å². The smallest absolute Gasteiger partial charge is 0.253 e. The third-order valence-electron chi connectivity index (χ3n) is 3.04. The zero-order valence-corrected chi connectivity index (χ0v) is 13.0. The Kier molecular flexibility index (Phi) is 5.27. The number of hydrogen-bond acceptors (Lipinski definition) is 4. The number of likely N-dealkylation sites (N-methyl/N-ethyl adjacent to an activating group) is 1. The number of hydrogen-bond donors (Lipinski definition) is 1. The molecule has 112 valence electrons. The van der Waals surface area contributed by atoms with Crippen molar-refractivity contribution < 1.29 is 17.9 Å². The Morgan fingerprint density at radius 1 is 1.30 bits per heavy atom. The Bertz CT molecular complexity index is 611. The highest BCUT2D eigenvalue weighted by atomic mass is 32.2. The Balaban J connectivity index is 3.22. The van der Waals surface area contributed by atoms with Crippen LogP contribution >= 0.6 is 0 Å². The molecule has 0 radical (unpaired) electrons. The van der Waals surface area contributed by atoms with Gasteiger partial charge in [-0.15, -0.1) is 0 Å². The van der Waals surface area contributed by atoms with E-state index in [1.54, 1.807) is 34.1 Å². The zero-order valence-electron chi connectivity index (χ0n) is 12.1. The van der Waals surface area contributed by atoms with Crippen LogP contribution in [-0.4, -0.2) is 46.5 Å². The van der Waals surface area contributed by atoms with Gasteiger partial charge in [-0.25, -0.2) is 13.6 Å². The van der Waals surface area contributed by atoms with E-state index in [1.165, 1.54) is 11.0 Å². The van der Waals surface area contributed by atoms with Crippen molar-refractivity contribution in [3.05, 3.63) is 28.8 Å². The fourth-order valence-electron chi connectivity index (χ4n) is 1.90. The van der Waals surface area contributed by atoms with Crippen molar-refractivity contribution >= 4 is 15.9 Å². The largest absolute Gasteiger partial charge is 0.383 e. The first kappa shape index (κ1) is 16.6. The van der Waals surface area contributed by atoms with Gasteiger partial charge in [0.15, 0.2) is 0 Å². The molecular weight excluding hydrogens is 280 g/mol. The first-order chi connectivity index (χ1) is 9.18. The van der Waals surface area contributed by atoms with Crippen molar-refractivity contribution in [1.29, 1.82) is 0 Å². The van der Waals surface area contributed by atoms with Gasteiger partial charge in [-0.3, -0.25) is 4.79 Å². The monoisotopic (exact) mass is 300 g/mol. The summed E-state index contributed by atoms with van der Waals surface area (Å²) >= 11 is 0. The Labute approximate surface area is 119 Å². The molecule has 0 aliphatic rings. The average Bonchev–Trinajstić information content (AvgIpc) is 2.33. The molecule has 0 saturated heterocycles. The topological polar surface area (TPSA) is 89.7 Å². The maximum atomic E-state index is 12.3. The van der Waals surface area contributed by atoms with E-state index < -0.39 is 10.0 Å². The number of carbonyl (C=O) groups excluding carboxylic acids is 1. The van der Waals surface area contributed by atoms with Gasteiger partial charge in [-0.05, 0) is 31.0 Å². The minimum absolute atomic E-state index is 0.0217. The summed E-state index contributed by atoms with van der Waals surface area (Å²) in [5.41, 5.74) is 1.57. The maximum absolute atomic E-state index is 12.3. The van der Waals surface area contributed by atoms with E-state index in [4.69, 9.17) is 9.88 Å². The second-order valence-electron chi connectivity index (χ2n) is 4.70. The third-order valence-corrected chi connectivity index (χ3v) is 4.09. The number of aryl methyl sites for hydroxylation is 2. The van der Waals surface area contributed by atoms with Crippen molar-refractivity contribution in [2.75, 3.05) is 27.3 Å². The number of amides is 1. The number of sulfonamides is 1. The Morgan fingerprint density at radius 3 is 2.40 bits per heavy atom. The maximum Gasteiger partial charge on any atom is 0.253 e. The molecule has 0 spiro atoms. The molecule has 0 aliphatic heterocycles. The van der Waals surface area contributed by atoms with Crippen molar-refractivity contribution in [2.45, 2.75) is 18.7 Å². The van der Waals surface area contributed by atoms with E-state index >= 15 is 0 Å². The molecule has 0 fully saturated rings. The number of rotatable bonds is 5. The van der Waals surface area contributed by atoms with Crippen molar-refractivity contribution in [2.24, 2.45) is 5.14 Å². The van der Waals surface area contributed by atoms with Crippen LogP contribution in [0.15, 0.2) is 17.0 Å². The number of carbonyl (C=O) groups is 1. The molecule has 0 bridgehead atoms. The summed E-state index contributed by atoms with van der Waals surface area (Å²) < 4.78 is 27.9. The summed E-state index contributed by atoms with van der Waals surface area (Å²) in [4.78, 5) is 13.8. The van der Waals surface area contributed by atoms with Gasteiger partial charge in [0.05, 0.1) is 11.5 Å². The second-order valence-corrected chi connectivity index (χ2v) is 6.23. The molecule has 0 saturated carbocycles. The van der Waals surface area contributed by atoms with Crippen LogP contribution in [0.1, 0.15) is 21.5 Å². The van der Waals surface area contributed by atoms with Crippen LogP contribution in [0.2, 0.25) is 0 Å². The summed E-state index contributed by atoms with van der Waals surface area (Å²) in [5.74, 6) is -0.260. The van der Waals surface area contributed by atoms with Crippen LogP contribution in [0.25, 0.3) is 0 Å². The van der Waals surface area contributed by atoms with E-state index in [1.807, 2.05) is 0 Å². The van der Waals surface area contributed by atoms with Gasteiger partial charge >= 0.3 is 0 Å². The molecule has 0 aromatic heterocycles. The van der Waals surface area contributed by atoms with Crippen molar-refractivity contribution in [3.8, 4) is 0 Å². The van der Waals surface area contributed by atoms with Gasteiger partial charge in [0, 0.05) is 26.3 Å². The van der Waals surface area contributed by atoms with Gasteiger partial charge in [-0.2, -0.15) is 0 Å². The molecule has 7 heteroatoms. The number of primary sulfonamides is 1. The molecule has 0 heterocycles. The van der Waals surface area contributed by atoms with E-state index in [9.17, 15) is 13.2 Å². The Morgan fingerprint density at radius 2 is 1.90 bits per heavy atom. The van der Waals surface area contributed by atoms with Crippen LogP contribution in [0.5, 0.6) is 0 Å². The highest BCUT2D eigenvalue weighted by Gasteiger charge is 2.19. The first-order valence-electron chi connectivity index (χ1n) is 6.07. The zero-order chi connectivity index (χ0) is 15.5. The molecule has 2 N–H and O–H groups in total. The fraction of sp³-hybridized carbons (Fsp3) is 0.462. The van der Waals surface area contributed by atoms with Crippen molar-refractivity contribution in [3.63, 3.8) is 0 Å².